The number of hydrogen-bond donors (Lipinski definition) is 2. The summed E-state index contributed by atoms with van der Waals surface area (Å²) in [6.07, 6.45) is 0.386. The zero-order valence-corrected chi connectivity index (χ0v) is 16.1. The molecule has 0 saturated heterocycles. The lowest BCUT2D eigenvalue weighted by Gasteiger charge is -2.28. The Bertz CT molecular complexity index is 916. The maximum absolute atomic E-state index is 12.9. The number of benzene rings is 2. The highest BCUT2D eigenvalue weighted by Gasteiger charge is 2.57. The standard InChI is InChI=1S/C22H23N3O4/c1-2-28-20(26)22(24-21(27)23-16-11-7-4-8-12-16)13-17-18(14-22)29-25-19(17)15-9-5-3-6-10-15/h3-12,17-18H,2,13-14H2,1H3,(H2,23,24,27)/t17-,18+,22+/m1/s1. The summed E-state index contributed by atoms with van der Waals surface area (Å²) in [7, 11) is 0. The van der Waals surface area contributed by atoms with E-state index in [4.69, 9.17) is 9.57 Å². The lowest BCUT2D eigenvalue weighted by atomic mass is 9.91. The van der Waals surface area contributed by atoms with Crippen LogP contribution in [0.4, 0.5) is 10.5 Å². The summed E-state index contributed by atoms with van der Waals surface area (Å²) in [5.41, 5.74) is 1.23. The number of amides is 2. The van der Waals surface area contributed by atoms with Crippen LogP contribution in [-0.4, -0.2) is 36.0 Å². The molecule has 0 bridgehead atoms. The summed E-state index contributed by atoms with van der Waals surface area (Å²) in [5.74, 6) is -0.549. The van der Waals surface area contributed by atoms with Gasteiger partial charge in [-0.2, -0.15) is 0 Å². The van der Waals surface area contributed by atoms with Crippen LogP contribution >= 0.6 is 0 Å². The van der Waals surface area contributed by atoms with Gasteiger partial charge < -0.3 is 20.2 Å². The molecule has 2 N–H and O–H groups in total. The summed E-state index contributed by atoms with van der Waals surface area (Å²) in [6, 6.07) is 18.4. The Balaban J connectivity index is 1.55. The van der Waals surface area contributed by atoms with Crippen molar-refractivity contribution >= 4 is 23.4 Å². The fourth-order valence-electron chi connectivity index (χ4n) is 4.02. The van der Waals surface area contributed by atoms with Crippen LogP contribution < -0.4 is 10.6 Å². The molecule has 2 aliphatic rings. The van der Waals surface area contributed by atoms with E-state index in [0.717, 1.165) is 11.3 Å². The first-order valence-corrected chi connectivity index (χ1v) is 9.72. The maximum Gasteiger partial charge on any atom is 0.332 e. The number of anilines is 1. The Kier molecular flexibility index (Phi) is 5.20. The average molecular weight is 393 g/mol. The van der Waals surface area contributed by atoms with Crippen LogP contribution in [-0.2, 0) is 14.4 Å². The average Bonchev–Trinajstić information content (AvgIpc) is 3.27. The Labute approximate surface area is 169 Å². The van der Waals surface area contributed by atoms with Gasteiger partial charge in [-0.15, -0.1) is 0 Å². The molecule has 1 saturated carbocycles. The number of nitrogens with one attached hydrogen (secondary N) is 2. The number of urea groups is 1. The minimum absolute atomic E-state index is 0.0983. The molecule has 2 aromatic carbocycles. The highest BCUT2D eigenvalue weighted by atomic mass is 16.6. The minimum atomic E-state index is -1.17. The molecular weight excluding hydrogens is 370 g/mol. The van der Waals surface area contributed by atoms with E-state index in [1.54, 1.807) is 19.1 Å². The maximum atomic E-state index is 12.9. The predicted octanol–water partition coefficient (Wildman–Crippen LogP) is 3.32. The van der Waals surface area contributed by atoms with Crippen LogP contribution in [0.15, 0.2) is 65.8 Å². The first kappa shape index (κ1) is 19.0. The smallest absolute Gasteiger partial charge is 0.332 e. The molecule has 7 heteroatoms. The third-order valence-electron chi connectivity index (χ3n) is 5.32. The van der Waals surface area contributed by atoms with Crippen molar-refractivity contribution in [3.63, 3.8) is 0 Å². The number of para-hydroxylation sites is 1. The second kappa shape index (κ2) is 7.95. The monoisotopic (exact) mass is 393 g/mol. The van der Waals surface area contributed by atoms with E-state index < -0.39 is 17.5 Å². The van der Waals surface area contributed by atoms with Crippen LogP contribution in [0.3, 0.4) is 0 Å². The summed E-state index contributed by atoms with van der Waals surface area (Å²) in [4.78, 5) is 31.2. The van der Waals surface area contributed by atoms with Crippen LogP contribution in [0.1, 0.15) is 25.3 Å². The van der Waals surface area contributed by atoms with E-state index in [1.165, 1.54) is 0 Å². The number of ether oxygens (including phenoxy) is 1. The molecule has 2 amide bonds. The minimum Gasteiger partial charge on any atom is -0.464 e. The molecule has 7 nitrogen and oxygen atoms in total. The van der Waals surface area contributed by atoms with Crippen molar-refractivity contribution in [2.24, 2.45) is 11.1 Å². The van der Waals surface area contributed by atoms with Gasteiger partial charge in [0.05, 0.1) is 12.3 Å². The lowest BCUT2D eigenvalue weighted by Crippen LogP contribution is -2.55. The third-order valence-corrected chi connectivity index (χ3v) is 5.32. The Morgan fingerprint density at radius 2 is 1.79 bits per heavy atom. The lowest BCUT2D eigenvalue weighted by molar-refractivity contribution is -0.151. The van der Waals surface area contributed by atoms with E-state index in [-0.39, 0.29) is 18.6 Å². The Hall–Kier alpha value is -3.35. The van der Waals surface area contributed by atoms with Crippen molar-refractivity contribution in [2.45, 2.75) is 31.4 Å². The second-order valence-electron chi connectivity index (χ2n) is 7.25. The molecule has 1 heterocycles. The van der Waals surface area contributed by atoms with Crippen LogP contribution in [0, 0.1) is 5.92 Å². The van der Waals surface area contributed by atoms with Gasteiger partial charge in [0.25, 0.3) is 0 Å². The fraction of sp³-hybridized carbons (Fsp3) is 0.318. The molecule has 1 aliphatic carbocycles. The molecule has 2 aromatic rings. The van der Waals surface area contributed by atoms with Crippen LogP contribution in [0.5, 0.6) is 0 Å². The number of rotatable bonds is 5. The number of carbonyl (C=O) groups is 2. The van der Waals surface area contributed by atoms with Crippen molar-refractivity contribution in [3.05, 3.63) is 66.2 Å². The van der Waals surface area contributed by atoms with Crippen molar-refractivity contribution in [2.75, 3.05) is 11.9 Å². The summed E-state index contributed by atoms with van der Waals surface area (Å²) < 4.78 is 5.31. The number of esters is 1. The largest absolute Gasteiger partial charge is 0.464 e. The molecule has 1 aliphatic heterocycles. The first-order valence-electron chi connectivity index (χ1n) is 9.72. The molecule has 29 heavy (non-hydrogen) atoms. The number of nitrogens with zero attached hydrogens (tertiary/aromatic N) is 1. The van der Waals surface area contributed by atoms with Gasteiger partial charge in [0, 0.05) is 18.0 Å². The second-order valence-corrected chi connectivity index (χ2v) is 7.25. The molecule has 0 aromatic heterocycles. The molecule has 0 radical (unpaired) electrons. The van der Waals surface area contributed by atoms with Gasteiger partial charge in [-0.3, -0.25) is 0 Å². The van der Waals surface area contributed by atoms with Crippen molar-refractivity contribution in [1.29, 1.82) is 0 Å². The quantitative estimate of drug-likeness (QED) is 0.763. The molecular formula is C22H23N3O4. The molecule has 3 atom stereocenters. The number of oxime groups is 1. The number of hydrogen-bond acceptors (Lipinski definition) is 5. The van der Waals surface area contributed by atoms with E-state index in [1.807, 2.05) is 48.5 Å². The van der Waals surface area contributed by atoms with Gasteiger partial charge in [-0.05, 0) is 31.0 Å². The molecule has 150 valence electrons. The molecule has 0 spiro atoms. The van der Waals surface area contributed by atoms with E-state index in [9.17, 15) is 9.59 Å². The zero-order valence-electron chi connectivity index (χ0n) is 16.1. The predicted molar refractivity (Wildman–Crippen MR) is 109 cm³/mol. The van der Waals surface area contributed by atoms with Crippen molar-refractivity contribution in [1.82, 2.24) is 5.32 Å². The SMILES string of the molecule is CCOC(=O)[C@@]1(NC(=O)Nc2ccccc2)C[C@@H]2ON=C(c3ccccc3)[C@@H]2C1. The first-order chi connectivity index (χ1) is 14.1. The van der Waals surface area contributed by atoms with Gasteiger partial charge in [0.15, 0.2) is 0 Å². The fourth-order valence-corrected chi connectivity index (χ4v) is 4.02. The summed E-state index contributed by atoms with van der Waals surface area (Å²) in [6.45, 7) is 1.98. The Morgan fingerprint density at radius 3 is 2.48 bits per heavy atom. The molecule has 0 unspecified atom stereocenters. The zero-order chi connectivity index (χ0) is 20.3. The topological polar surface area (TPSA) is 89.0 Å². The Morgan fingerprint density at radius 1 is 1.10 bits per heavy atom. The number of fused-ring (bicyclic) bond motifs is 1. The summed E-state index contributed by atoms with van der Waals surface area (Å²) >= 11 is 0. The highest BCUT2D eigenvalue weighted by molar-refractivity contribution is 6.04. The van der Waals surface area contributed by atoms with Crippen molar-refractivity contribution < 1.29 is 19.2 Å². The van der Waals surface area contributed by atoms with Gasteiger partial charge in [-0.1, -0.05) is 53.7 Å². The normalized spacial score (nSPS) is 24.8. The summed E-state index contributed by atoms with van der Waals surface area (Å²) in [5, 5.41) is 9.88. The third kappa shape index (κ3) is 3.81. The molecule has 1 fully saturated rings. The van der Waals surface area contributed by atoms with Gasteiger partial charge in [-0.25, -0.2) is 9.59 Å². The van der Waals surface area contributed by atoms with E-state index in [2.05, 4.69) is 15.8 Å². The van der Waals surface area contributed by atoms with Crippen LogP contribution in [0.2, 0.25) is 0 Å². The van der Waals surface area contributed by atoms with Gasteiger partial charge >= 0.3 is 12.0 Å². The van der Waals surface area contributed by atoms with E-state index >= 15 is 0 Å². The van der Waals surface area contributed by atoms with Gasteiger partial charge in [0.2, 0.25) is 0 Å². The molecule has 4 rings (SSSR count). The van der Waals surface area contributed by atoms with Gasteiger partial charge in [0.1, 0.15) is 11.6 Å². The number of carbonyl (C=O) groups excluding carboxylic acids is 2. The van der Waals surface area contributed by atoms with Crippen LogP contribution in [0.25, 0.3) is 0 Å². The van der Waals surface area contributed by atoms with E-state index in [0.29, 0.717) is 18.5 Å². The van der Waals surface area contributed by atoms with Crippen molar-refractivity contribution in [3.8, 4) is 0 Å². The highest BCUT2D eigenvalue weighted by Crippen LogP contribution is 2.43.